The van der Waals surface area contributed by atoms with E-state index in [4.69, 9.17) is 16.6 Å². The highest BCUT2D eigenvalue weighted by Gasteiger charge is 2.13. The summed E-state index contributed by atoms with van der Waals surface area (Å²) in [5.41, 5.74) is 10.6. The maximum Gasteiger partial charge on any atom is 0.336 e. The fourth-order valence-electron chi connectivity index (χ4n) is 0.636. The molecule has 78 valence electrons. The van der Waals surface area contributed by atoms with Crippen LogP contribution in [0.1, 0.15) is 6.92 Å². The molecule has 6 heteroatoms. The minimum absolute atomic E-state index is 0.329. The standard InChI is InChI=1S/C7H17N3O3/c1-5(11)7(12)13-6(9)4-10-3-2-8/h5-6,10-11H,2-4,8-9H2,1H3. The Morgan fingerprint density at radius 1 is 1.69 bits per heavy atom. The molecule has 2 unspecified atom stereocenters. The van der Waals surface area contributed by atoms with Crippen molar-refractivity contribution >= 4 is 5.97 Å². The van der Waals surface area contributed by atoms with E-state index in [0.717, 1.165) is 0 Å². The number of carbonyl (C=O) groups is 1. The number of hydrogen-bond donors (Lipinski definition) is 4. The van der Waals surface area contributed by atoms with Crippen LogP contribution < -0.4 is 16.8 Å². The monoisotopic (exact) mass is 191 g/mol. The molecule has 2 atom stereocenters. The molecule has 0 saturated carbocycles. The number of rotatable bonds is 6. The summed E-state index contributed by atoms with van der Waals surface area (Å²) < 4.78 is 4.64. The van der Waals surface area contributed by atoms with Crippen molar-refractivity contribution in [2.75, 3.05) is 19.6 Å². The average Bonchev–Trinajstić information content (AvgIpc) is 2.04. The second-order valence-electron chi connectivity index (χ2n) is 2.64. The van der Waals surface area contributed by atoms with Crippen molar-refractivity contribution in [3.63, 3.8) is 0 Å². The van der Waals surface area contributed by atoms with Crippen LogP contribution in [0.3, 0.4) is 0 Å². The second-order valence-corrected chi connectivity index (χ2v) is 2.64. The number of esters is 1. The van der Waals surface area contributed by atoms with Crippen LogP contribution in [-0.4, -0.2) is 43.0 Å². The van der Waals surface area contributed by atoms with E-state index in [1.54, 1.807) is 0 Å². The fraction of sp³-hybridized carbons (Fsp3) is 0.857. The van der Waals surface area contributed by atoms with Crippen molar-refractivity contribution in [2.24, 2.45) is 11.5 Å². The van der Waals surface area contributed by atoms with E-state index in [2.05, 4.69) is 10.1 Å². The third-order valence-corrected chi connectivity index (χ3v) is 1.28. The van der Waals surface area contributed by atoms with Crippen molar-refractivity contribution in [3.8, 4) is 0 Å². The molecule has 0 fully saturated rings. The van der Waals surface area contributed by atoms with Gasteiger partial charge in [-0.25, -0.2) is 4.79 Å². The summed E-state index contributed by atoms with van der Waals surface area (Å²) in [5.74, 6) is -0.720. The lowest BCUT2D eigenvalue weighted by Crippen LogP contribution is -2.41. The van der Waals surface area contributed by atoms with Gasteiger partial charge in [0.15, 0.2) is 6.23 Å². The third kappa shape index (κ3) is 6.47. The van der Waals surface area contributed by atoms with E-state index in [-0.39, 0.29) is 0 Å². The number of aliphatic hydroxyl groups is 1. The summed E-state index contributed by atoms with van der Waals surface area (Å²) >= 11 is 0. The molecule has 0 saturated heterocycles. The Balaban J connectivity index is 3.50. The zero-order chi connectivity index (χ0) is 10.3. The van der Waals surface area contributed by atoms with Gasteiger partial charge in [0.1, 0.15) is 6.10 Å². The van der Waals surface area contributed by atoms with Crippen LogP contribution in [0.15, 0.2) is 0 Å². The molecule has 0 aliphatic heterocycles. The fourth-order valence-corrected chi connectivity index (χ4v) is 0.636. The van der Waals surface area contributed by atoms with E-state index in [1.807, 2.05) is 0 Å². The second kappa shape index (κ2) is 6.79. The Bertz CT molecular complexity index is 152. The molecule has 0 bridgehead atoms. The average molecular weight is 191 g/mol. The van der Waals surface area contributed by atoms with Gasteiger partial charge in [0, 0.05) is 19.6 Å². The number of nitrogens with two attached hydrogens (primary N) is 2. The predicted octanol–water partition coefficient (Wildman–Crippen LogP) is -2.26. The van der Waals surface area contributed by atoms with E-state index in [1.165, 1.54) is 6.92 Å². The minimum atomic E-state index is -1.14. The van der Waals surface area contributed by atoms with Crippen molar-refractivity contribution in [1.82, 2.24) is 5.32 Å². The summed E-state index contributed by atoms with van der Waals surface area (Å²) in [6.45, 7) is 2.76. The molecule has 13 heavy (non-hydrogen) atoms. The van der Waals surface area contributed by atoms with Gasteiger partial charge >= 0.3 is 5.97 Å². The van der Waals surface area contributed by atoms with Crippen molar-refractivity contribution in [1.29, 1.82) is 0 Å². The quantitative estimate of drug-likeness (QED) is 0.214. The molecule has 0 amide bonds. The van der Waals surface area contributed by atoms with Crippen LogP contribution in [0, 0.1) is 0 Å². The van der Waals surface area contributed by atoms with Crippen molar-refractivity contribution < 1.29 is 14.6 Å². The van der Waals surface area contributed by atoms with Gasteiger partial charge in [-0.05, 0) is 6.92 Å². The normalized spacial score (nSPS) is 15.1. The van der Waals surface area contributed by atoms with Crippen LogP contribution in [0.4, 0.5) is 0 Å². The summed E-state index contributed by atoms with van der Waals surface area (Å²) in [6, 6.07) is 0. The highest BCUT2D eigenvalue weighted by molar-refractivity contribution is 5.73. The van der Waals surface area contributed by atoms with Gasteiger partial charge in [-0.1, -0.05) is 0 Å². The first-order valence-electron chi connectivity index (χ1n) is 4.13. The molecule has 0 heterocycles. The summed E-state index contributed by atoms with van der Waals surface area (Å²) in [6.07, 6.45) is -1.88. The van der Waals surface area contributed by atoms with Crippen LogP contribution in [0.2, 0.25) is 0 Å². The number of ether oxygens (including phenoxy) is 1. The minimum Gasteiger partial charge on any atom is -0.444 e. The van der Waals surface area contributed by atoms with Gasteiger partial charge in [-0.15, -0.1) is 0 Å². The lowest BCUT2D eigenvalue weighted by Gasteiger charge is -2.14. The molecule has 6 N–H and O–H groups in total. The molecule has 0 aromatic heterocycles. The number of nitrogens with one attached hydrogen (secondary N) is 1. The zero-order valence-corrected chi connectivity index (χ0v) is 7.69. The van der Waals surface area contributed by atoms with E-state index in [0.29, 0.717) is 19.6 Å². The van der Waals surface area contributed by atoms with Gasteiger partial charge in [-0.3, -0.25) is 5.73 Å². The molecule has 0 spiro atoms. The summed E-state index contributed by atoms with van der Waals surface area (Å²) in [7, 11) is 0. The Kier molecular flexibility index (Phi) is 6.43. The van der Waals surface area contributed by atoms with Crippen molar-refractivity contribution in [3.05, 3.63) is 0 Å². The summed E-state index contributed by atoms with van der Waals surface area (Å²) in [4.78, 5) is 10.8. The molecule has 0 aliphatic rings. The molecular weight excluding hydrogens is 174 g/mol. The molecule has 0 aliphatic carbocycles. The van der Waals surface area contributed by atoms with Gasteiger partial charge in [0.25, 0.3) is 0 Å². The zero-order valence-electron chi connectivity index (χ0n) is 7.69. The van der Waals surface area contributed by atoms with E-state index < -0.39 is 18.3 Å². The number of hydrogen-bond acceptors (Lipinski definition) is 6. The smallest absolute Gasteiger partial charge is 0.336 e. The Hall–Kier alpha value is -0.690. The number of aliphatic hydroxyl groups excluding tert-OH is 1. The molecule has 6 nitrogen and oxygen atoms in total. The lowest BCUT2D eigenvalue weighted by atomic mass is 10.4. The Labute approximate surface area is 77.2 Å². The van der Waals surface area contributed by atoms with Gasteiger partial charge < -0.3 is 20.9 Å². The first-order chi connectivity index (χ1) is 6.07. The molecule has 0 aromatic rings. The topological polar surface area (TPSA) is 111 Å². The first kappa shape index (κ1) is 12.3. The largest absolute Gasteiger partial charge is 0.444 e. The highest BCUT2D eigenvalue weighted by atomic mass is 16.6. The van der Waals surface area contributed by atoms with Crippen molar-refractivity contribution in [2.45, 2.75) is 19.3 Å². The Morgan fingerprint density at radius 3 is 2.77 bits per heavy atom. The van der Waals surface area contributed by atoms with E-state index in [9.17, 15) is 4.79 Å². The molecule has 0 aromatic carbocycles. The lowest BCUT2D eigenvalue weighted by molar-refractivity contribution is -0.157. The van der Waals surface area contributed by atoms with E-state index >= 15 is 0 Å². The predicted molar refractivity (Wildman–Crippen MR) is 47.7 cm³/mol. The third-order valence-electron chi connectivity index (χ3n) is 1.28. The van der Waals surface area contributed by atoms with Crippen LogP contribution in [0.25, 0.3) is 0 Å². The maximum absolute atomic E-state index is 10.8. The highest BCUT2D eigenvalue weighted by Crippen LogP contribution is 1.89. The molecular formula is C7H17N3O3. The SMILES string of the molecule is CC(O)C(=O)OC(N)CNCCN. The van der Waals surface area contributed by atoms with Crippen LogP contribution in [-0.2, 0) is 9.53 Å². The Morgan fingerprint density at radius 2 is 2.31 bits per heavy atom. The van der Waals surface area contributed by atoms with Crippen LogP contribution in [0.5, 0.6) is 0 Å². The van der Waals surface area contributed by atoms with Gasteiger partial charge in [-0.2, -0.15) is 0 Å². The maximum atomic E-state index is 10.8. The first-order valence-corrected chi connectivity index (χ1v) is 4.13. The van der Waals surface area contributed by atoms with Gasteiger partial charge in [0.2, 0.25) is 0 Å². The summed E-state index contributed by atoms with van der Waals surface area (Å²) in [5, 5.41) is 11.6. The van der Waals surface area contributed by atoms with Gasteiger partial charge in [0.05, 0.1) is 0 Å². The van der Waals surface area contributed by atoms with Crippen LogP contribution >= 0.6 is 0 Å². The molecule has 0 rings (SSSR count). The number of carbonyl (C=O) groups excluding carboxylic acids is 1. The molecule has 0 radical (unpaired) electrons.